The number of alkyl carbamates (subject to hydrolysis) is 2. The summed E-state index contributed by atoms with van der Waals surface area (Å²) in [7, 11) is 1.23. The van der Waals surface area contributed by atoms with Crippen molar-refractivity contribution in [1.82, 2.24) is 16.4 Å². The first-order valence-electron chi connectivity index (χ1n) is 12.5. The second-order valence-corrected chi connectivity index (χ2v) is 8.34. The van der Waals surface area contributed by atoms with Gasteiger partial charge in [0.15, 0.2) is 0 Å². The van der Waals surface area contributed by atoms with E-state index >= 15 is 0 Å². The van der Waals surface area contributed by atoms with Crippen LogP contribution in [0.25, 0.3) is 0 Å². The van der Waals surface area contributed by atoms with Gasteiger partial charge in [0.2, 0.25) is 0 Å². The van der Waals surface area contributed by atoms with Gasteiger partial charge in [0.1, 0.15) is 6.61 Å². The normalized spacial score (nSPS) is 11.7. The van der Waals surface area contributed by atoms with Crippen LogP contribution in [0.3, 0.4) is 0 Å². The first kappa shape index (κ1) is 29.5. The minimum atomic E-state index is -0.672. The predicted octanol–water partition coefficient (Wildman–Crippen LogP) is 5.77. The van der Waals surface area contributed by atoms with Crippen molar-refractivity contribution in [2.24, 2.45) is 0 Å². The average molecular weight is 442 g/mol. The fourth-order valence-electron chi connectivity index (χ4n) is 3.46. The maximum atomic E-state index is 11.6. The van der Waals surface area contributed by atoms with E-state index in [-0.39, 0.29) is 13.2 Å². The van der Waals surface area contributed by atoms with Gasteiger partial charge in [0.05, 0.1) is 19.7 Å². The van der Waals surface area contributed by atoms with Gasteiger partial charge in [0, 0.05) is 6.54 Å². The summed E-state index contributed by atoms with van der Waals surface area (Å²) in [5.41, 5.74) is 9.13. The number of carbonyl (C=O) groups excluding carboxylic acids is 2. The van der Waals surface area contributed by atoms with Crippen LogP contribution in [0.15, 0.2) is 0 Å². The molecule has 0 aliphatic heterocycles. The Morgan fingerprint density at radius 2 is 1.19 bits per heavy atom. The van der Waals surface area contributed by atoms with Crippen LogP contribution in [0, 0.1) is 0 Å². The van der Waals surface area contributed by atoms with Gasteiger partial charge in [0.25, 0.3) is 0 Å². The van der Waals surface area contributed by atoms with E-state index in [2.05, 4.69) is 22.3 Å². The van der Waals surface area contributed by atoms with Crippen LogP contribution >= 0.6 is 0 Å². The molecule has 0 saturated heterocycles. The molecule has 0 aliphatic rings. The summed E-state index contributed by atoms with van der Waals surface area (Å²) in [5.74, 6) is 0. The Labute approximate surface area is 190 Å². The maximum absolute atomic E-state index is 11.6. The zero-order chi connectivity index (χ0) is 23.0. The number of hydrogen-bond acceptors (Lipinski definition) is 4. The number of unbranched alkanes of at least 4 members (excludes halogenated alkanes) is 15. The van der Waals surface area contributed by atoms with Crippen LogP contribution in [0.1, 0.15) is 110 Å². The highest BCUT2D eigenvalue weighted by Gasteiger charge is 2.13. The molecule has 0 spiro atoms. The molecule has 0 heterocycles. The number of carbonyl (C=O) groups is 2. The molecule has 0 saturated carbocycles. The van der Waals surface area contributed by atoms with E-state index in [1.54, 1.807) is 0 Å². The van der Waals surface area contributed by atoms with Crippen LogP contribution < -0.4 is 16.4 Å². The molecule has 0 aromatic heterocycles. The summed E-state index contributed by atoms with van der Waals surface area (Å²) in [6.45, 7) is 2.41. The third-order valence-corrected chi connectivity index (χ3v) is 5.44. The van der Waals surface area contributed by atoms with E-state index in [4.69, 9.17) is 10.5 Å². The molecule has 1 atom stereocenters. The van der Waals surface area contributed by atoms with E-state index in [1.165, 1.54) is 97.0 Å². The summed E-state index contributed by atoms with van der Waals surface area (Å²) in [4.78, 5) is 22.7. The molecule has 0 fully saturated rings. The summed E-state index contributed by atoms with van der Waals surface area (Å²) >= 11 is 0. The smallest absolute Gasteiger partial charge is 0.407 e. The SMILES string of the molecule is CCCCCCCCCCCCCCCCCCNC(=O)OCC(C[N])NC(=O)OC. The lowest BCUT2D eigenvalue weighted by Gasteiger charge is -2.15. The molecule has 31 heavy (non-hydrogen) atoms. The number of nitrogens with one attached hydrogen (secondary N) is 2. The monoisotopic (exact) mass is 441 g/mol. The number of nitrogens with zero attached hydrogens (tertiary/aromatic N) is 1. The highest BCUT2D eigenvalue weighted by Crippen LogP contribution is 2.13. The fraction of sp³-hybridized carbons (Fsp3) is 0.917. The lowest BCUT2D eigenvalue weighted by molar-refractivity contribution is 0.126. The number of amides is 2. The van der Waals surface area contributed by atoms with Gasteiger partial charge in [-0.15, -0.1) is 5.73 Å². The summed E-state index contributed by atoms with van der Waals surface area (Å²) in [6.07, 6.45) is 19.9. The van der Waals surface area contributed by atoms with Crippen LogP contribution in [-0.2, 0) is 9.47 Å². The van der Waals surface area contributed by atoms with Gasteiger partial charge >= 0.3 is 12.2 Å². The minimum absolute atomic E-state index is 0.101. The van der Waals surface area contributed by atoms with Crippen molar-refractivity contribution in [2.45, 2.75) is 116 Å². The molecule has 0 aromatic carbocycles. The van der Waals surface area contributed by atoms with E-state index in [0.717, 1.165) is 12.8 Å². The van der Waals surface area contributed by atoms with Crippen molar-refractivity contribution in [1.29, 1.82) is 0 Å². The predicted molar refractivity (Wildman–Crippen MR) is 125 cm³/mol. The molecule has 182 valence electrons. The van der Waals surface area contributed by atoms with Gasteiger partial charge in [-0.1, -0.05) is 103 Å². The van der Waals surface area contributed by atoms with Crippen molar-refractivity contribution in [2.75, 3.05) is 26.8 Å². The number of rotatable bonds is 21. The first-order chi connectivity index (χ1) is 15.1. The Balaban J connectivity index is 3.31. The first-order valence-corrected chi connectivity index (χ1v) is 12.5. The lowest BCUT2D eigenvalue weighted by atomic mass is 10.0. The van der Waals surface area contributed by atoms with Crippen LogP contribution in [0.4, 0.5) is 9.59 Å². The molecule has 2 radical (unpaired) electrons. The van der Waals surface area contributed by atoms with Gasteiger partial charge in [-0.2, -0.15) is 0 Å². The molecule has 0 aromatic rings. The Morgan fingerprint density at radius 1 is 0.742 bits per heavy atom. The third kappa shape index (κ3) is 21.5. The van der Waals surface area contributed by atoms with E-state index in [1.807, 2.05) is 0 Å². The molecule has 7 heteroatoms. The van der Waals surface area contributed by atoms with Crippen molar-refractivity contribution < 1.29 is 19.1 Å². The van der Waals surface area contributed by atoms with Crippen molar-refractivity contribution in [3.05, 3.63) is 0 Å². The van der Waals surface area contributed by atoms with Crippen molar-refractivity contribution in [3.8, 4) is 0 Å². The Morgan fingerprint density at radius 3 is 1.61 bits per heavy atom. The molecular weight excluding hydrogens is 394 g/mol. The fourth-order valence-corrected chi connectivity index (χ4v) is 3.46. The second kappa shape index (κ2) is 23.2. The standard InChI is InChI=1S/C24H47N3O4/c1-3-4-5-6-7-8-9-10-11-12-13-14-15-16-17-18-19-26-23(28)31-21-22(20-25)27-24(29)30-2/h22H,3-21H2,1-2H3,(H,26,28)(H,27,29). The van der Waals surface area contributed by atoms with Gasteiger partial charge < -0.3 is 20.1 Å². The second-order valence-electron chi connectivity index (χ2n) is 8.34. The third-order valence-electron chi connectivity index (χ3n) is 5.44. The number of ether oxygens (including phenoxy) is 2. The molecule has 2 amide bonds. The van der Waals surface area contributed by atoms with E-state index in [0.29, 0.717) is 6.54 Å². The molecule has 0 bridgehead atoms. The summed E-state index contributed by atoms with van der Waals surface area (Å²) in [6, 6.07) is -0.672. The lowest BCUT2D eigenvalue weighted by Crippen LogP contribution is -2.42. The van der Waals surface area contributed by atoms with Gasteiger partial charge in [-0.3, -0.25) is 0 Å². The van der Waals surface area contributed by atoms with Crippen LogP contribution in [-0.4, -0.2) is 45.0 Å². The zero-order valence-electron chi connectivity index (χ0n) is 20.1. The molecule has 2 N–H and O–H groups in total. The maximum Gasteiger partial charge on any atom is 0.407 e. The highest BCUT2D eigenvalue weighted by atomic mass is 16.6. The molecule has 0 rings (SSSR count). The number of hydrogen-bond donors (Lipinski definition) is 2. The summed E-state index contributed by atoms with van der Waals surface area (Å²) < 4.78 is 9.43. The van der Waals surface area contributed by atoms with Gasteiger partial charge in [-0.05, 0) is 6.42 Å². The van der Waals surface area contributed by atoms with E-state index < -0.39 is 18.2 Å². The van der Waals surface area contributed by atoms with E-state index in [9.17, 15) is 9.59 Å². The van der Waals surface area contributed by atoms with Crippen LogP contribution in [0.5, 0.6) is 0 Å². The molecule has 1 unspecified atom stereocenters. The Bertz CT molecular complexity index is 422. The Hall–Kier alpha value is -1.50. The minimum Gasteiger partial charge on any atom is -0.453 e. The quantitative estimate of drug-likeness (QED) is 0.221. The highest BCUT2D eigenvalue weighted by molar-refractivity contribution is 5.68. The zero-order valence-corrected chi connectivity index (χ0v) is 20.1. The average Bonchev–Trinajstić information content (AvgIpc) is 2.78. The summed E-state index contributed by atoms with van der Waals surface area (Å²) in [5, 5.41) is 5.07. The number of methoxy groups -OCH3 is 1. The largest absolute Gasteiger partial charge is 0.453 e. The molecular formula is C24H47N3O4. The van der Waals surface area contributed by atoms with Crippen molar-refractivity contribution in [3.63, 3.8) is 0 Å². The molecule has 0 aliphatic carbocycles. The van der Waals surface area contributed by atoms with Crippen LogP contribution in [0.2, 0.25) is 0 Å². The van der Waals surface area contributed by atoms with Crippen molar-refractivity contribution >= 4 is 12.2 Å². The van der Waals surface area contributed by atoms with Gasteiger partial charge in [-0.25, -0.2) is 9.59 Å². The topological polar surface area (TPSA) is 99.0 Å². The molecule has 7 nitrogen and oxygen atoms in total. The Kier molecular flexibility index (Phi) is 22.0.